The minimum absolute atomic E-state index is 0. The van der Waals surface area contributed by atoms with Gasteiger partial charge in [-0.05, 0) is 25.1 Å². The molecule has 6 nitrogen and oxygen atoms in total. The summed E-state index contributed by atoms with van der Waals surface area (Å²) in [5, 5.41) is 14.7. The van der Waals surface area contributed by atoms with Gasteiger partial charge in [-0.15, -0.1) is 0 Å². The van der Waals surface area contributed by atoms with Crippen LogP contribution in [0.4, 0.5) is 18.9 Å². The van der Waals surface area contributed by atoms with Crippen molar-refractivity contribution in [1.82, 2.24) is 6.15 Å². The highest BCUT2D eigenvalue weighted by atomic mass is 35.5. The Labute approximate surface area is 167 Å². The molecule has 28 heavy (non-hydrogen) atoms. The van der Waals surface area contributed by atoms with Crippen molar-refractivity contribution in [2.45, 2.75) is 25.1 Å². The van der Waals surface area contributed by atoms with Crippen molar-refractivity contribution in [2.75, 3.05) is 0 Å². The van der Waals surface area contributed by atoms with E-state index >= 15 is 0 Å². The van der Waals surface area contributed by atoms with E-state index in [1.165, 1.54) is 31.2 Å². The molecule has 0 aliphatic carbocycles. The summed E-state index contributed by atoms with van der Waals surface area (Å²) in [4.78, 5) is 15.4. The first kappa shape index (κ1) is 21.9. The van der Waals surface area contributed by atoms with Crippen molar-refractivity contribution in [2.24, 2.45) is 5.16 Å². The number of halogens is 5. The first-order chi connectivity index (χ1) is 12.5. The van der Waals surface area contributed by atoms with Gasteiger partial charge in [0.25, 0.3) is 11.3 Å². The molecule has 3 rings (SSSR count). The van der Waals surface area contributed by atoms with Crippen molar-refractivity contribution in [3.8, 4) is 0 Å². The Bertz CT molecular complexity index is 946. The van der Waals surface area contributed by atoms with Crippen LogP contribution in [0.25, 0.3) is 0 Å². The molecule has 0 saturated carbocycles. The van der Waals surface area contributed by atoms with E-state index in [1.54, 1.807) is 0 Å². The van der Waals surface area contributed by atoms with Gasteiger partial charge in [0.15, 0.2) is 0 Å². The molecular formula is C17H14Cl2F3N3O3. The Morgan fingerprint density at radius 2 is 1.79 bits per heavy atom. The predicted octanol–water partition coefficient (Wildman–Crippen LogP) is 5.95. The molecule has 11 heteroatoms. The summed E-state index contributed by atoms with van der Waals surface area (Å²) >= 11 is 11.7. The number of nitro benzene ring substituents is 1. The SMILES string of the molecule is Cc1ccc(C2=NOC(c3cc(Cl)cc(Cl)c3)(C(F)(F)F)C2)cc1[N+](=O)[O-].N. The lowest BCUT2D eigenvalue weighted by atomic mass is 9.86. The molecule has 0 spiro atoms. The third-order valence-corrected chi connectivity index (χ3v) is 4.69. The van der Waals surface area contributed by atoms with Crippen LogP contribution >= 0.6 is 23.2 Å². The Morgan fingerprint density at radius 1 is 1.18 bits per heavy atom. The summed E-state index contributed by atoms with van der Waals surface area (Å²) in [6.07, 6.45) is -5.50. The van der Waals surface area contributed by atoms with Crippen LogP contribution in [0.5, 0.6) is 0 Å². The van der Waals surface area contributed by atoms with Crippen LogP contribution < -0.4 is 6.15 Å². The van der Waals surface area contributed by atoms with Gasteiger partial charge in [-0.3, -0.25) is 10.1 Å². The fourth-order valence-corrected chi connectivity index (χ4v) is 3.36. The Morgan fingerprint density at radius 3 is 2.32 bits per heavy atom. The lowest BCUT2D eigenvalue weighted by Crippen LogP contribution is -2.42. The maximum absolute atomic E-state index is 13.9. The monoisotopic (exact) mass is 435 g/mol. The highest BCUT2D eigenvalue weighted by molar-refractivity contribution is 6.34. The van der Waals surface area contributed by atoms with Gasteiger partial charge < -0.3 is 11.0 Å². The van der Waals surface area contributed by atoms with Crippen LogP contribution in [0.3, 0.4) is 0 Å². The third kappa shape index (κ3) is 3.78. The smallest absolute Gasteiger partial charge is 0.374 e. The second-order valence-corrected chi connectivity index (χ2v) is 6.92. The van der Waals surface area contributed by atoms with Gasteiger partial charge in [0.05, 0.1) is 10.6 Å². The van der Waals surface area contributed by atoms with E-state index in [-0.39, 0.29) is 38.7 Å². The van der Waals surface area contributed by atoms with Crippen LogP contribution in [-0.2, 0) is 10.4 Å². The molecule has 0 amide bonds. The maximum atomic E-state index is 13.9. The van der Waals surface area contributed by atoms with E-state index in [2.05, 4.69) is 5.16 Å². The molecule has 1 unspecified atom stereocenters. The van der Waals surface area contributed by atoms with Crippen molar-refractivity contribution in [1.29, 1.82) is 0 Å². The van der Waals surface area contributed by atoms with E-state index in [0.717, 1.165) is 12.1 Å². The van der Waals surface area contributed by atoms with Crippen molar-refractivity contribution < 1.29 is 22.9 Å². The largest absolute Gasteiger partial charge is 0.435 e. The third-order valence-electron chi connectivity index (χ3n) is 4.25. The van der Waals surface area contributed by atoms with Gasteiger partial charge in [0.1, 0.15) is 0 Å². The first-order valence-corrected chi connectivity index (χ1v) is 8.33. The second kappa shape index (κ2) is 7.57. The molecule has 0 radical (unpaired) electrons. The van der Waals surface area contributed by atoms with Gasteiger partial charge in [0, 0.05) is 39.2 Å². The summed E-state index contributed by atoms with van der Waals surface area (Å²) in [7, 11) is 0. The summed E-state index contributed by atoms with van der Waals surface area (Å²) in [5.41, 5.74) is -2.81. The number of hydrogen-bond acceptors (Lipinski definition) is 5. The summed E-state index contributed by atoms with van der Waals surface area (Å²) < 4.78 is 41.8. The summed E-state index contributed by atoms with van der Waals surface area (Å²) in [6.45, 7) is 1.53. The van der Waals surface area contributed by atoms with E-state index < -0.39 is 23.1 Å². The minimum atomic E-state index is -4.83. The van der Waals surface area contributed by atoms with E-state index in [0.29, 0.717) is 5.56 Å². The molecular weight excluding hydrogens is 422 g/mol. The van der Waals surface area contributed by atoms with E-state index in [1.807, 2.05) is 0 Å². The second-order valence-electron chi connectivity index (χ2n) is 6.05. The fourth-order valence-electron chi connectivity index (χ4n) is 2.83. The number of oxime groups is 1. The molecule has 3 N–H and O–H groups in total. The lowest BCUT2D eigenvalue weighted by Gasteiger charge is -2.29. The molecule has 1 heterocycles. The van der Waals surface area contributed by atoms with Gasteiger partial charge in [-0.25, -0.2) is 0 Å². The van der Waals surface area contributed by atoms with Crippen molar-refractivity contribution in [3.05, 3.63) is 73.2 Å². The molecule has 2 aromatic rings. The number of rotatable bonds is 3. The molecule has 0 saturated heterocycles. The van der Waals surface area contributed by atoms with Crippen LogP contribution in [0.15, 0.2) is 41.6 Å². The first-order valence-electron chi connectivity index (χ1n) is 7.57. The van der Waals surface area contributed by atoms with E-state index in [9.17, 15) is 23.3 Å². The van der Waals surface area contributed by atoms with Crippen LogP contribution in [0.2, 0.25) is 10.0 Å². The number of nitro groups is 1. The number of nitrogens with zero attached hydrogens (tertiary/aromatic N) is 2. The molecule has 1 aliphatic rings. The number of alkyl halides is 3. The van der Waals surface area contributed by atoms with Gasteiger partial charge in [0.2, 0.25) is 0 Å². The zero-order chi connectivity index (χ0) is 20.0. The highest BCUT2D eigenvalue weighted by Gasteiger charge is 2.62. The van der Waals surface area contributed by atoms with Crippen molar-refractivity contribution >= 4 is 34.6 Å². The fraction of sp³-hybridized carbons (Fsp3) is 0.235. The standard InChI is InChI=1S/C17H11Cl2F3N2O3.H3N/c1-9-2-3-10(4-15(9)24(25)26)14-8-16(27-23-14,17(20,21)22)11-5-12(18)7-13(19)6-11;/h2-7H,8H2,1H3;1H3. The van der Waals surface area contributed by atoms with Gasteiger partial charge in [-0.2, -0.15) is 13.2 Å². The number of benzene rings is 2. The molecule has 150 valence electrons. The molecule has 2 aromatic carbocycles. The Hall–Kier alpha value is -2.36. The van der Waals surface area contributed by atoms with Gasteiger partial charge in [-0.1, -0.05) is 40.5 Å². The zero-order valence-corrected chi connectivity index (χ0v) is 15.9. The topological polar surface area (TPSA) is 99.7 Å². The molecule has 0 aromatic heterocycles. The number of aryl methyl sites for hydroxylation is 1. The molecule has 1 aliphatic heterocycles. The predicted molar refractivity (Wildman–Crippen MR) is 99.3 cm³/mol. The minimum Gasteiger partial charge on any atom is -0.374 e. The lowest BCUT2D eigenvalue weighted by molar-refractivity contribution is -0.385. The summed E-state index contributed by atoms with van der Waals surface area (Å²) in [6, 6.07) is 7.60. The highest BCUT2D eigenvalue weighted by Crippen LogP contribution is 2.49. The number of hydrogen-bond donors (Lipinski definition) is 1. The van der Waals surface area contributed by atoms with E-state index in [4.69, 9.17) is 28.0 Å². The Kier molecular flexibility index (Phi) is 5.93. The van der Waals surface area contributed by atoms with Crippen LogP contribution in [-0.4, -0.2) is 16.8 Å². The average molecular weight is 436 g/mol. The zero-order valence-electron chi connectivity index (χ0n) is 14.4. The average Bonchev–Trinajstić information content (AvgIpc) is 3.00. The molecule has 0 fully saturated rings. The summed E-state index contributed by atoms with van der Waals surface area (Å²) in [5.74, 6) is 0. The quantitative estimate of drug-likeness (QED) is 0.474. The van der Waals surface area contributed by atoms with Crippen LogP contribution in [0.1, 0.15) is 23.1 Å². The maximum Gasteiger partial charge on any atom is 0.435 e. The molecule has 0 bridgehead atoms. The Balaban J connectivity index is 0.00000280. The van der Waals surface area contributed by atoms with Crippen LogP contribution in [0, 0.1) is 17.0 Å². The normalized spacial score (nSPS) is 18.9. The molecule has 1 atom stereocenters. The van der Waals surface area contributed by atoms with Crippen molar-refractivity contribution in [3.63, 3.8) is 0 Å². The van der Waals surface area contributed by atoms with Gasteiger partial charge >= 0.3 is 6.18 Å².